The number of rotatable bonds is 0. The molecule has 2 nitrogen and oxygen atoms in total. The third-order valence-corrected chi connectivity index (χ3v) is 0. The molecule has 7 heteroatoms. The van der Waals surface area contributed by atoms with E-state index in [0.29, 0.717) is 0 Å². The first-order valence-electron chi connectivity index (χ1n) is 0.710. The quantitative estimate of drug-likeness (QED) is 0.453. The summed E-state index contributed by atoms with van der Waals surface area (Å²) in [4.78, 5) is 7.30. The molecule has 0 aromatic carbocycles. The van der Waals surface area contributed by atoms with Gasteiger partial charge in [0.15, 0.2) is 0 Å². The predicted molar refractivity (Wildman–Crippen MR) is 18.1 cm³/mol. The van der Waals surface area contributed by atoms with Crippen LogP contribution < -0.4 is 0 Å². The largest absolute Gasteiger partial charge is 0 e. The van der Waals surface area contributed by atoms with Gasteiger partial charge in [0.25, 0.3) is 0 Å². The van der Waals surface area contributed by atoms with Crippen molar-refractivity contribution < 1.29 is 47.8 Å². The summed E-state index contributed by atoms with van der Waals surface area (Å²) in [6.45, 7) is 0. The Balaban J connectivity index is -0.0000000800. The zero-order chi connectivity index (χ0) is 4.50. The van der Waals surface area contributed by atoms with Crippen molar-refractivity contribution in [2.24, 2.45) is 0 Å². The van der Waals surface area contributed by atoms with E-state index < -0.39 is 6.37 Å². The van der Waals surface area contributed by atoms with Crippen molar-refractivity contribution in [3.63, 3.8) is 0 Å². The van der Waals surface area contributed by atoms with Crippen LogP contribution in [0.5, 0.6) is 0 Å². The van der Waals surface area contributed by atoms with Crippen LogP contribution in [0.25, 0.3) is 0 Å². The molecule has 0 heterocycles. The summed E-state index contributed by atoms with van der Waals surface area (Å²) in [5.74, 6) is 0. The SMILES string of the molecule is O=[P](O)(F)[Fe].[NaH].[V]. The van der Waals surface area contributed by atoms with E-state index in [-0.39, 0.29) is 48.1 Å². The van der Waals surface area contributed by atoms with Gasteiger partial charge in [0, 0.05) is 18.6 Å². The van der Waals surface area contributed by atoms with Crippen LogP contribution in [-0.4, -0.2) is 34.5 Å². The van der Waals surface area contributed by atoms with Crippen molar-refractivity contribution in [2.75, 3.05) is 0 Å². The van der Waals surface area contributed by atoms with E-state index in [0.717, 1.165) is 0 Å². The third kappa shape index (κ3) is 64.4. The van der Waals surface area contributed by atoms with E-state index in [1.807, 2.05) is 0 Å². The molecule has 0 aliphatic rings. The Hall–Kier alpha value is 2.22. The average Bonchev–Trinajstić information content (AvgIpc) is 0.722. The standard InChI is InChI=1S/FO2P.Fe.Na.V.H/c1-4(2)3;;;;/q;-1;;;/p+1. The summed E-state index contributed by atoms with van der Waals surface area (Å²) in [5.41, 5.74) is 0. The van der Waals surface area contributed by atoms with Gasteiger partial charge >= 0.3 is 65.2 Å². The summed E-state index contributed by atoms with van der Waals surface area (Å²) in [7, 11) is 0. The molecular weight excluding hydrogens is 212 g/mol. The fourth-order valence-corrected chi connectivity index (χ4v) is 0. The molecule has 0 saturated heterocycles. The van der Waals surface area contributed by atoms with Gasteiger partial charge in [-0.3, -0.25) is 0 Å². The summed E-state index contributed by atoms with van der Waals surface area (Å²) in [5, 5.41) is 0. The van der Waals surface area contributed by atoms with Crippen LogP contribution >= 0.6 is 6.37 Å². The molecule has 1 radical (unpaired) electrons. The zero-order valence-electron chi connectivity index (χ0n) is 2.48. The van der Waals surface area contributed by atoms with Gasteiger partial charge < -0.3 is 0 Å². The van der Waals surface area contributed by atoms with Crippen LogP contribution in [0.3, 0.4) is 0 Å². The Kier molecular flexibility index (Phi) is 14.6. The van der Waals surface area contributed by atoms with Gasteiger partial charge in [-0.05, 0) is 0 Å². The second-order valence-electron chi connectivity index (χ2n) is 0.421. The minimum Gasteiger partial charge on any atom is 0 e. The van der Waals surface area contributed by atoms with E-state index in [2.05, 4.69) is 15.6 Å². The summed E-state index contributed by atoms with van der Waals surface area (Å²) < 4.78 is 19.7. The molecule has 7 heavy (non-hydrogen) atoms. The molecule has 0 aliphatic carbocycles. The molecule has 1 atom stereocenters. The molecule has 0 aromatic heterocycles. The molecule has 1 N–H and O–H groups in total. The maximum absolute atomic E-state index is 10.7. The van der Waals surface area contributed by atoms with Gasteiger partial charge in [0.2, 0.25) is 0 Å². The number of hydrogen-bond donors (Lipinski definition) is 1. The molecule has 0 amide bonds. The fraction of sp³-hybridized carbons (Fsp3) is 0. The topological polar surface area (TPSA) is 37.3 Å². The smallest absolute Gasteiger partial charge is 0 e. The van der Waals surface area contributed by atoms with Crippen molar-refractivity contribution in [2.45, 2.75) is 0 Å². The van der Waals surface area contributed by atoms with Crippen LogP contribution in [0.1, 0.15) is 0 Å². The Bertz CT molecular complexity index is 63.8. The first kappa shape index (κ1) is 16.1. The summed E-state index contributed by atoms with van der Waals surface area (Å²) in [6.07, 6.45) is -4.39. The van der Waals surface area contributed by atoms with Crippen LogP contribution in [0.2, 0.25) is 0 Å². The van der Waals surface area contributed by atoms with E-state index in [4.69, 9.17) is 9.46 Å². The Morgan fingerprint density at radius 1 is 1.71 bits per heavy atom. The minimum absolute atomic E-state index is 0. The monoisotopic (exact) mass is 214 g/mol. The van der Waals surface area contributed by atoms with Crippen molar-refractivity contribution in [3.05, 3.63) is 0 Å². The van der Waals surface area contributed by atoms with Crippen molar-refractivity contribution in [3.8, 4) is 0 Å². The number of hydrogen-bond acceptors (Lipinski definition) is 1. The van der Waals surface area contributed by atoms with Gasteiger partial charge in [0.05, 0.1) is 0 Å². The molecule has 0 fully saturated rings. The second kappa shape index (κ2) is 6.35. The van der Waals surface area contributed by atoms with Crippen LogP contribution in [-0.2, 0) is 38.7 Å². The van der Waals surface area contributed by atoms with Gasteiger partial charge in [-0.15, -0.1) is 0 Å². The predicted octanol–water partition coefficient (Wildman–Crippen LogP) is -0.0479. The first-order chi connectivity index (χ1) is 2.00. The summed E-state index contributed by atoms with van der Waals surface area (Å²) in [6, 6.07) is 0. The maximum Gasteiger partial charge on any atom is 0 e. The van der Waals surface area contributed by atoms with Crippen LogP contribution in [0, 0.1) is 0 Å². The maximum atomic E-state index is 10.7. The Morgan fingerprint density at radius 3 is 1.71 bits per heavy atom. The molecule has 1 unspecified atom stereocenters. The van der Waals surface area contributed by atoms with Crippen LogP contribution in [0.4, 0.5) is 4.20 Å². The van der Waals surface area contributed by atoms with Crippen molar-refractivity contribution in [1.29, 1.82) is 0 Å². The van der Waals surface area contributed by atoms with Gasteiger partial charge in [-0.2, -0.15) is 0 Å². The van der Waals surface area contributed by atoms with E-state index >= 15 is 0 Å². The molecule has 0 bridgehead atoms. The summed E-state index contributed by atoms with van der Waals surface area (Å²) >= 11 is 2.22. The van der Waals surface area contributed by atoms with Gasteiger partial charge in [-0.25, -0.2) is 0 Å². The fourth-order valence-electron chi connectivity index (χ4n) is 0. The van der Waals surface area contributed by atoms with Crippen molar-refractivity contribution in [1.82, 2.24) is 0 Å². The van der Waals surface area contributed by atoms with E-state index in [1.54, 1.807) is 0 Å². The minimum atomic E-state index is -4.39. The molecule has 0 aliphatic heterocycles. The van der Waals surface area contributed by atoms with Crippen molar-refractivity contribution >= 4 is 35.9 Å². The molecular formula is H2FFeNaO2PV. The Labute approximate surface area is 82.8 Å². The first-order valence-corrected chi connectivity index (χ1v) is 3.61. The second-order valence-corrected chi connectivity index (χ2v) is 3.09. The zero-order valence-corrected chi connectivity index (χ0v) is 5.88. The average molecular weight is 214 g/mol. The van der Waals surface area contributed by atoms with E-state index in [9.17, 15) is 4.20 Å². The number of halogens is 1. The van der Waals surface area contributed by atoms with Gasteiger partial charge in [0.1, 0.15) is 0 Å². The molecule has 0 aromatic rings. The third-order valence-electron chi connectivity index (χ3n) is 0. The molecule has 0 rings (SSSR count). The molecule has 0 spiro atoms. The normalized spacial score (nSPS) is 15.3. The van der Waals surface area contributed by atoms with Gasteiger partial charge in [-0.1, -0.05) is 0 Å². The Morgan fingerprint density at radius 2 is 1.71 bits per heavy atom. The molecule has 0 saturated carbocycles. The van der Waals surface area contributed by atoms with E-state index in [1.165, 1.54) is 0 Å². The van der Waals surface area contributed by atoms with Crippen LogP contribution in [0.15, 0.2) is 0 Å². The molecule has 40 valence electrons.